The Kier molecular flexibility index (Phi) is 5.36. The number of amides is 1. The first-order chi connectivity index (χ1) is 7.72. The van der Waals surface area contributed by atoms with Gasteiger partial charge in [0.15, 0.2) is 0 Å². The van der Waals surface area contributed by atoms with Gasteiger partial charge in [-0.1, -0.05) is 6.07 Å². The molecular weight excluding hydrogens is 202 g/mol. The number of anilines is 2. The van der Waals surface area contributed by atoms with Crippen LogP contribution in [0, 0.1) is 0 Å². The van der Waals surface area contributed by atoms with E-state index in [-0.39, 0.29) is 5.91 Å². The molecule has 0 unspecified atom stereocenters. The number of carbonyl (C=O) groups is 1. The van der Waals surface area contributed by atoms with E-state index in [4.69, 9.17) is 5.73 Å². The van der Waals surface area contributed by atoms with Crippen molar-refractivity contribution < 1.29 is 4.79 Å². The predicted octanol–water partition coefficient (Wildman–Crippen LogP) is 1.80. The Morgan fingerprint density at radius 1 is 1.31 bits per heavy atom. The molecule has 0 aliphatic rings. The Labute approximate surface area is 96.2 Å². The summed E-state index contributed by atoms with van der Waals surface area (Å²) in [6.07, 6.45) is 2.08. The van der Waals surface area contributed by atoms with Crippen LogP contribution in [0.3, 0.4) is 0 Å². The summed E-state index contributed by atoms with van der Waals surface area (Å²) in [4.78, 5) is 10.9. The van der Waals surface area contributed by atoms with Gasteiger partial charge in [-0.15, -0.1) is 0 Å². The number of unbranched alkanes of at least 4 members (excludes halogenated alkanes) is 1. The molecule has 0 aromatic heterocycles. The van der Waals surface area contributed by atoms with E-state index in [1.54, 1.807) is 0 Å². The van der Waals surface area contributed by atoms with E-state index < -0.39 is 0 Å². The van der Waals surface area contributed by atoms with Gasteiger partial charge in [0, 0.05) is 24.8 Å². The predicted molar refractivity (Wildman–Crippen MR) is 67.5 cm³/mol. The number of carbonyl (C=O) groups excluding carboxylic acids is 1. The molecule has 1 aromatic rings. The van der Waals surface area contributed by atoms with Crippen molar-refractivity contribution >= 4 is 17.3 Å². The summed E-state index contributed by atoms with van der Waals surface area (Å²) in [5.41, 5.74) is 7.24. The summed E-state index contributed by atoms with van der Waals surface area (Å²) < 4.78 is 0. The fraction of sp³-hybridized carbons (Fsp3) is 0.417. The zero-order chi connectivity index (χ0) is 11.8. The van der Waals surface area contributed by atoms with Crippen LogP contribution in [-0.4, -0.2) is 19.0 Å². The molecule has 0 fully saturated rings. The van der Waals surface area contributed by atoms with E-state index >= 15 is 0 Å². The molecule has 0 heterocycles. The highest BCUT2D eigenvalue weighted by atomic mass is 16.1. The summed E-state index contributed by atoms with van der Waals surface area (Å²) in [5, 5.41) is 6.03. The van der Waals surface area contributed by atoms with E-state index in [0.29, 0.717) is 0 Å². The maximum atomic E-state index is 10.9. The molecule has 0 bridgehead atoms. The molecule has 0 aliphatic carbocycles. The lowest BCUT2D eigenvalue weighted by Crippen LogP contribution is -2.07. The second kappa shape index (κ2) is 6.85. The minimum absolute atomic E-state index is 0.0553. The fourth-order valence-corrected chi connectivity index (χ4v) is 1.41. The number of nitrogens with two attached hydrogens (primary N) is 1. The van der Waals surface area contributed by atoms with Gasteiger partial charge in [-0.3, -0.25) is 4.79 Å². The van der Waals surface area contributed by atoms with Crippen LogP contribution in [0.25, 0.3) is 0 Å². The highest BCUT2D eigenvalue weighted by molar-refractivity contribution is 5.89. The smallest absolute Gasteiger partial charge is 0.221 e. The van der Waals surface area contributed by atoms with Gasteiger partial charge in [-0.05, 0) is 37.6 Å². The van der Waals surface area contributed by atoms with Crippen LogP contribution in [0.4, 0.5) is 11.4 Å². The highest BCUT2D eigenvalue weighted by Gasteiger charge is 1.97. The number of hydrogen-bond donors (Lipinski definition) is 3. The van der Waals surface area contributed by atoms with Crippen molar-refractivity contribution in [1.29, 1.82) is 0 Å². The first-order valence-electron chi connectivity index (χ1n) is 5.54. The average Bonchev–Trinajstić information content (AvgIpc) is 2.24. The monoisotopic (exact) mass is 221 g/mol. The highest BCUT2D eigenvalue weighted by Crippen LogP contribution is 2.14. The average molecular weight is 221 g/mol. The number of benzene rings is 1. The molecule has 88 valence electrons. The van der Waals surface area contributed by atoms with Crippen LogP contribution < -0.4 is 16.4 Å². The van der Waals surface area contributed by atoms with Gasteiger partial charge < -0.3 is 16.4 Å². The van der Waals surface area contributed by atoms with Gasteiger partial charge in [0.25, 0.3) is 0 Å². The van der Waals surface area contributed by atoms with Crippen molar-refractivity contribution in [3.63, 3.8) is 0 Å². The number of rotatable bonds is 6. The first-order valence-corrected chi connectivity index (χ1v) is 5.54. The Morgan fingerprint density at radius 2 is 2.06 bits per heavy atom. The molecule has 0 spiro atoms. The molecule has 0 radical (unpaired) electrons. The van der Waals surface area contributed by atoms with Gasteiger partial charge in [-0.25, -0.2) is 0 Å². The maximum Gasteiger partial charge on any atom is 0.221 e. The zero-order valence-corrected chi connectivity index (χ0v) is 9.62. The lowest BCUT2D eigenvalue weighted by atomic mass is 10.2. The summed E-state index contributed by atoms with van der Waals surface area (Å²) in [7, 11) is 0. The SMILES string of the molecule is CC(=O)Nc1cccc(NCCCCN)c1. The number of hydrogen-bond acceptors (Lipinski definition) is 3. The molecule has 1 aromatic carbocycles. The van der Waals surface area contributed by atoms with E-state index in [0.717, 1.165) is 37.3 Å². The van der Waals surface area contributed by atoms with Crippen molar-refractivity contribution in [2.75, 3.05) is 23.7 Å². The fourth-order valence-electron chi connectivity index (χ4n) is 1.41. The molecule has 4 N–H and O–H groups in total. The van der Waals surface area contributed by atoms with Crippen LogP contribution in [0.15, 0.2) is 24.3 Å². The molecule has 4 nitrogen and oxygen atoms in total. The Bertz CT molecular complexity index is 339. The van der Waals surface area contributed by atoms with E-state index in [9.17, 15) is 4.79 Å². The van der Waals surface area contributed by atoms with Crippen LogP contribution >= 0.6 is 0 Å². The second-order valence-corrected chi connectivity index (χ2v) is 3.68. The molecule has 0 aliphatic heterocycles. The van der Waals surface area contributed by atoms with Crippen LogP contribution in [0.5, 0.6) is 0 Å². The lowest BCUT2D eigenvalue weighted by Gasteiger charge is -2.08. The molecule has 16 heavy (non-hydrogen) atoms. The lowest BCUT2D eigenvalue weighted by molar-refractivity contribution is -0.114. The molecule has 4 heteroatoms. The third-order valence-electron chi connectivity index (χ3n) is 2.14. The van der Waals surface area contributed by atoms with Crippen molar-refractivity contribution in [3.05, 3.63) is 24.3 Å². The minimum atomic E-state index is -0.0553. The largest absolute Gasteiger partial charge is 0.385 e. The molecular formula is C12H19N3O. The van der Waals surface area contributed by atoms with Gasteiger partial charge in [0.1, 0.15) is 0 Å². The van der Waals surface area contributed by atoms with Gasteiger partial charge >= 0.3 is 0 Å². The first kappa shape index (κ1) is 12.5. The summed E-state index contributed by atoms with van der Waals surface area (Å²) in [6.45, 7) is 3.13. The molecule has 0 saturated heterocycles. The summed E-state index contributed by atoms with van der Waals surface area (Å²) >= 11 is 0. The molecule has 1 rings (SSSR count). The third kappa shape index (κ3) is 4.79. The van der Waals surface area contributed by atoms with Crippen molar-refractivity contribution in [3.8, 4) is 0 Å². The van der Waals surface area contributed by atoms with E-state index in [2.05, 4.69) is 10.6 Å². The summed E-state index contributed by atoms with van der Waals surface area (Å²) in [6, 6.07) is 7.68. The zero-order valence-electron chi connectivity index (χ0n) is 9.62. The van der Waals surface area contributed by atoms with Crippen molar-refractivity contribution in [2.45, 2.75) is 19.8 Å². The van der Waals surface area contributed by atoms with Gasteiger partial charge in [-0.2, -0.15) is 0 Å². The normalized spacial score (nSPS) is 9.88. The maximum absolute atomic E-state index is 10.9. The molecule has 1 amide bonds. The third-order valence-corrected chi connectivity index (χ3v) is 2.14. The van der Waals surface area contributed by atoms with Crippen molar-refractivity contribution in [1.82, 2.24) is 0 Å². The minimum Gasteiger partial charge on any atom is -0.385 e. The Morgan fingerprint density at radius 3 is 2.75 bits per heavy atom. The molecule has 0 atom stereocenters. The molecule has 0 saturated carbocycles. The quantitative estimate of drug-likeness (QED) is 0.642. The van der Waals surface area contributed by atoms with Gasteiger partial charge in [0.05, 0.1) is 0 Å². The topological polar surface area (TPSA) is 67.2 Å². The van der Waals surface area contributed by atoms with E-state index in [1.807, 2.05) is 24.3 Å². The second-order valence-electron chi connectivity index (χ2n) is 3.68. The number of nitrogens with one attached hydrogen (secondary N) is 2. The summed E-state index contributed by atoms with van der Waals surface area (Å²) in [5.74, 6) is -0.0553. The Hall–Kier alpha value is -1.55. The van der Waals surface area contributed by atoms with Crippen molar-refractivity contribution in [2.24, 2.45) is 5.73 Å². The van der Waals surface area contributed by atoms with Crippen LogP contribution in [-0.2, 0) is 4.79 Å². The van der Waals surface area contributed by atoms with E-state index in [1.165, 1.54) is 6.92 Å². The van der Waals surface area contributed by atoms with Gasteiger partial charge in [0.2, 0.25) is 5.91 Å². The van der Waals surface area contributed by atoms with Crippen LogP contribution in [0.2, 0.25) is 0 Å². The Balaban J connectivity index is 2.44. The standard InChI is InChI=1S/C12H19N3O/c1-10(16)15-12-6-4-5-11(9-12)14-8-3-2-7-13/h4-6,9,14H,2-3,7-8,13H2,1H3,(H,15,16). The van der Waals surface area contributed by atoms with Crippen LogP contribution in [0.1, 0.15) is 19.8 Å².